The third-order valence-electron chi connectivity index (χ3n) is 2.44. The van der Waals surface area contributed by atoms with E-state index in [1.165, 1.54) is 0 Å². The van der Waals surface area contributed by atoms with Crippen LogP contribution in [0.4, 0.5) is 0 Å². The average molecular weight is 320 g/mol. The molecule has 2 rings (SSSR count). The maximum Gasteiger partial charge on any atom is 0.194 e. The molecule has 0 atom stereocenters. The van der Waals surface area contributed by atoms with Crippen LogP contribution in [0.1, 0.15) is 29.8 Å². The van der Waals surface area contributed by atoms with Crippen LogP contribution in [0.25, 0.3) is 0 Å². The Morgan fingerprint density at radius 1 is 1.21 bits per heavy atom. The summed E-state index contributed by atoms with van der Waals surface area (Å²) in [6.07, 6.45) is 3.29. The predicted molar refractivity (Wildman–Crippen MR) is 77.6 cm³/mol. The first-order valence-electron chi connectivity index (χ1n) is 5.98. The van der Waals surface area contributed by atoms with Crippen LogP contribution in [0, 0.1) is 0 Å². The van der Waals surface area contributed by atoms with Gasteiger partial charge in [0, 0.05) is 28.0 Å². The van der Waals surface area contributed by atoms with E-state index < -0.39 is 0 Å². The van der Waals surface area contributed by atoms with Crippen LogP contribution >= 0.6 is 15.9 Å². The molecule has 0 aliphatic carbocycles. The normalized spacial score (nSPS) is 10.5. The van der Waals surface area contributed by atoms with Gasteiger partial charge in [-0.05, 0) is 48.0 Å². The number of ketones is 1. The van der Waals surface area contributed by atoms with Crippen molar-refractivity contribution in [1.29, 1.82) is 0 Å². The van der Waals surface area contributed by atoms with E-state index in [1.807, 2.05) is 26.0 Å². The number of rotatable bonds is 4. The van der Waals surface area contributed by atoms with Crippen LogP contribution in [-0.4, -0.2) is 16.9 Å². The lowest BCUT2D eigenvalue weighted by molar-refractivity contribution is 0.103. The fourth-order valence-electron chi connectivity index (χ4n) is 1.69. The summed E-state index contributed by atoms with van der Waals surface area (Å²) in [4.78, 5) is 16.3. The standard InChI is InChI=1S/C15H14BrNO2/c1-10(2)19-14-5-3-4-11(7-14)15(18)12-6-13(16)9-17-8-12/h3-10H,1-2H3. The fraction of sp³-hybridized carbons (Fsp3) is 0.200. The first-order valence-corrected chi connectivity index (χ1v) is 6.77. The van der Waals surface area contributed by atoms with Crippen molar-refractivity contribution in [2.75, 3.05) is 0 Å². The number of pyridine rings is 1. The van der Waals surface area contributed by atoms with Gasteiger partial charge in [-0.1, -0.05) is 12.1 Å². The Morgan fingerprint density at radius 2 is 2.00 bits per heavy atom. The van der Waals surface area contributed by atoms with E-state index in [0.29, 0.717) is 16.9 Å². The lowest BCUT2D eigenvalue weighted by atomic mass is 10.1. The highest BCUT2D eigenvalue weighted by molar-refractivity contribution is 9.10. The summed E-state index contributed by atoms with van der Waals surface area (Å²) in [5, 5.41) is 0. The minimum Gasteiger partial charge on any atom is -0.491 e. The van der Waals surface area contributed by atoms with Gasteiger partial charge in [0.05, 0.1) is 6.10 Å². The number of halogens is 1. The monoisotopic (exact) mass is 319 g/mol. The summed E-state index contributed by atoms with van der Waals surface area (Å²) >= 11 is 3.31. The second-order valence-electron chi connectivity index (χ2n) is 4.42. The van der Waals surface area contributed by atoms with Crippen molar-refractivity contribution in [3.63, 3.8) is 0 Å². The van der Waals surface area contributed by atoms with Gasteiger partial charge in [0.2, 0.25) is 0 Å². The summed E-state index contributed by atoms with van der Waals surface area (Å²) in [6, 6.07) is 8.94. The number of carbonyl (C=O) groups is 1. The van der Waals surface area contributed by atoms with Gasteiger partial charge in [-0.2, -0.15) is 0 Å². The summed E-state index contributed by atoms with van der Waals surface area (Å²) in [5.74, 6) is 0.631. The molecule has 0 saturated heterocycles. The Kier molecular flexibility index (Phi) is 4.32. The fourth-order valence-corrected chi connectivity index (χ4v) is 2.05. The van der Waals surface area contributed by atoms with Crippen LogP contribution in [0.5, 0.6) is 5.75 Å². The molecule has 19 heavy (non-hydrogen) atoms. The van der Waals surface area contributed by atoms with Crippen molar-refractivity contribution in [3.05, 3.63) is 58.3 Å². The highest BCUT2D eigenvalue weighted by atomic mass is 79.9. The van der Waals surface area contributed by atoms with Crippen LogP contribution in [-0.2, 0) is 0 Å². The number of carbonyl (C=O) groups excluding carboxylic acids is 1. The van der Waals surface area contributed by atoms with Gasteiger partial charge >= 0.3 is 0 Å². The third kappa shape index (κ3) is 3.64. The first-order chi connectivity index (χ1) is 9.06. The molecule has 0 spiro atoms. The predicted octanol–water partition coefficient (Wildman–Crippen LogP) is 3.86. The Labute approximate surface area is 120 Å². The Balaban J connectivity index is 2.29. The highest BCUT2D eigenvalue weighted by Gasteiger charge is 2.11. The summed E-state index contributed by atoms with van der Waals surface area (Å²) in [6.45, 7) is 3.90. The molecule has 0 radical (unpaired) electrons. The molecule has 0 amide bonds. The molecule has 0 aliphatic heterocycles. The molecule has 1 aromatic heterocycles. The summed E-state index contributed by atoms with van der Waals surface area (Å²) < 4.78 is 6.37. The van der Waals surface area contributed by atoms with E-state index in [4.69, 9.17) is 4.74 Å². The topological polar surface area (TPSA) is 39.2 Å². The number of ether oxygens (including phenoxy) is 1. The van der Waals surface area contributed by atoms with Crippen LogP contribution in [0.2, 0.25) is 0 Å². The lowest BCUT2D eigenvalue weighted by Gasteiger charge is -2.10. The van der Waals surface area contributed by atoms with Gasteiger partial charge in [-0.25, -0.2) is 0 Å². The Hall–Kier alpha value is -1.68. The molecule has 0 unspecified atom stereocenters. The Bertz CT molecular complexity index is 596. The van der Waals surface area contributed by atoms with Gasteiger partial charge in [-0.15, -0.1) is 0 Å². The molecule has 3 nitrogen and oxygen atoms in total. The van der Waals surface area contributed by atoms with E-state index >= 15 is 0 Å². The van der Waals surface area contributed by atoms with Crippen molar-refractivity contribution in [1.82, 2.24) is 4.98 Å². The maximum atomic E-state index is 12.3. The first kappa shape index (κ1) is 13.7. The molecule has 2 aromatic rings. The molecule has 0 bridgehead atoms. The third-order valence-corrected chi connectivity index (χ3v) is 2.87. The summed E-state index contributed by atoms with van der Waals surface area (Å²) in [7, 11) is 0. The van der Waals surface area contributed by atoms with Crippen molar-refractivity contribution in [3.8, 4) is 5.75 Å². The number of benzene rings is 1. The molecular weight excluding hydrogens is 306 g/mol. The van der Waals surface area contributed by atoms with Crippen LogP contribution in [0.3, 0.4) is 0 Å². The zero-order chi connectivity index (χ0) is 13.8. The molecule has 0 saturated carbocycles. The minimum atomic E-state index is -0.0667. The van der Waals surface area contributed by atoms with E-state index in [9.17, 15) is 4.79 Å². The van der Waals surface area contributed by atoms with Crippen molar-refractivity contribution in [2.24, 2.45) is 0 Å². The zero-order valence-electron chi connectivity index (χ0n) is 10.8. The number of hydrogen-bond acceptors (Lipinski definition) is 3. The quantitative estimate of drug-likeness (QED) is 0.803. The zero-order valence-corrected chi connectivity index (χ0v) is 12.3. The van der Waals surface area contributed by atoms with E-state index in [0.717, 1.165) is 4.47 Å². The number of hydrogen-bond donors (Lipinski definition) is 0. The molecule has 1 heterocycles. The maximum absolute atomic E-state index is 12.3. The van der Waals surface area contributed by atoms with Crippen molar-refractivity contribution >= 4 is 21.7 Å². The molecule has 4 heteroatoms. The van der Waals surface area contributed by atoms with E-state index in [-0.39, 0.29) is 11.9 Å². The number of nitrogens with zero attached hydrogens (tertiary/aromatic N) is 1. The SMILES string of the molecule is CC(C)Oc1cccc(C(=O)c2cncc(Br)c2)c1. The van der Waals surface area contributed by atoms with Gasteiger partial charge in [0.25, 0.3) is 0 Å². The molecule has 0 aliphatic rings. The van der Waals surface area contributed by atoms with Crippen molar-refractivity contribution in [2.45, 2.75) is 20.0 Å². The summed E-state index contributed by atoms with van der Waals surface area (Å²) in [5.41, 5.74) is 1.15. The Morgan fingerprint density at radius 3 is 2.68 bits per heavy atom. The average Bonchev–Trinajstić information content (AvgIpc) is 2.37. The largest absolute Gasteiger partial charge is 0.491 e. The highest BCUT2D eigenvalue weighted by Crippen LogP contribution is 2.19. The van der Waals surface area contributed by atoms with Crippen LogP contribution in [0.15, 0.2) is 47.2 Å². The van der Waals surface area contributed by atoms with E-state index in [1.54, 1.807) is 30.6 Å². The van der Waals surface area contributed by atoms with E-state index in [2.05, 4.69) is 20.9 Å². The minimum absolute atomic E-state index is 0.0667. The molecule has 0 N–H and O–H groups in total. The van der Waals surface area contributed by atoms with Gasteiger partial charge in [0.15, 0.2) is 5.78 Å². The molecule has 1 aromatic carbocycles. The van der Waals surface area contributed by atoms with Crippen LogP contribution < -0.4 is 4.74 Å². The van der Waals surface area contributed by atoms with Gasteiger partial charge in [-0.3, -0.25) is 9.78 Å². The smallest absolute Gasteiger partial charge is 0.194 e. The number of aromatic nitrogens is 1. The second-order valence-corrected chi connectivity index (χ2v) is 5.33. The second kappa shape index (κ2) is 5.97. The lowest BCUT2D eigenvalue weighted by Crippen LogP contribution is -2.07. The van der Waals surface area contributed by atoms with Gasteiger partial charge in [0.1, 0.15) is 5.75 Å². The molecule has 0 fully saturated rings. The molecular formula is C15H14BrNO2. The van der Waals surface area contributed by atoms with Gasteiger partial charge < -0.3 is 4.74 Å². The van der Waals surface area contributed by atoms with Crippen molar-refractivity contribution < 1.29 is 9.53 Å². The molecule has 98 valence electrons.